The summed E-state index contributed by atoms with van der Waals surface area (Å²) in [6.45, 7) is 1.59. The highest BCUT2D eigenvalue weighted by molar-refractivity contribution is 7.96. The molecule has 0 spiro atoms. The van der Waals surface area contributed by atoms with Crippen LogP contribution in [0.3, 0.4) is 0 Å². The first kappa shape index (κ1) is 17.7. The maximum Gasteiger partial charge on any atom is 0.321 e. The molecular formula is C6H14N2O6S2. The largest absolute Gasteiger partial charge is 0.480 e. The van der Waals surface area contributed by atoms with Gasteiger partial charge in [-0.2, -0.15) is 8.42 Å². The number of hydrogen-bond donors (Lipinski definition) is 5. The van der Waals surface area contributed by atoms with Gasteiger partial charge in [-0.1, -0.05) is 0 Å². The standard InChI is InChI=1S/C3H7NO5S.C3H7NOS/c4-2(3(5)6)1-10(7,8)9;1-2(4)3(5)6/h2H,1,4H2,(H,5,6)(H,7,8,9);2H,4H2,1H3,(H,5,6)/t2-;/m0./s1. The molecule has 96 valence electrons. The van der Waals surface area contributed by atoms with Crippen LogP contribution in [0.15, 0.2) is 0 Å². The summed E-state index contributed by atoms with van der Waals surface area (Å²) in [5.74, 6) is -2.42. The lowest BCUT2D eigenvalue weighted by molar-refractivity contribution is -0.138. The van der Waals surface area contributed by atoms with Crippen molar-refractivity contribution in [3.8, 4) is 0 Å². The molecule has 0 rings (SSSR count). The van der Waals surface area contributed by atoms with Crippen LogP contribution in [-0.4, -0.2) is 47.0 Å². The van der Waals surface area contributed by atoms with E-state index in [2.05, 4.69) is 12.6 Å². The Kier molecular flexibility index (Phi) is 8.38. The van der Waals surface area contributed by atoms with Gasteiger partial charge in [0.2, 0.25) is 5.12 Å². The van der Waals surface area contributed by atoms with Crippen LogP contribution in [0.1, 0.15) is 6.92 Å². The summed E-state index contributed by atoms with van der Waals surface area (Å²) in [5, 5.41) is 7.78. The lowest BCUT2D eigenvalue weighted by Crippen LogP contribution is -2.36. The van der Waals surface area contributed by atoms with E-state index in [4.69, 9.17) is 21.1 Å². The number of carboxylic acid groups (broad SMARTS) is 1. The van der Waals surface area contributed by atoms with Crippen molar-refractivity contribution in [3.05, 3.63) is 0 Å². The SMILES string of the molecule is CC(N)C(=O)S.N[C@@H](CS(=O)(=O)O)C(=O)O. The summed E-state index contributed by atoms with van der Waals surface area (Å²) >= 11 is 3.43. The Bertz CT molecular complexity index is 339. The zero-order valence-corrected chi connectivity index (χ0v) is 10.1. The molecule has 10 heteroatoms. The predicted octanol–water partition coefficient (Wildman–Crippen LogP) is -1.92. The Morgan fingerprint density at radius 3 is 1.75 bits per heavy atom. The molecule has 1 unspecified atom stereocenters. The molecule has 6 N–H and O–H groups in total. The van der Waals surface area contributed by atoms with E-state index in [1.807, 2.05) is 0 Å². The van der Waals surface area contributed by atoms with Gasteiger partial charge in [0.25, 0.3) is 10.1 Å². The summed E-state index contributed by atoms with van der Waals surface area (Å²) in [5.41, 5.74) is 9.77. The minimum absolute atomic E-state index is 0.269. The highest BCUT2D eigenvalue weighted by atomic mass is 32.2. The molecule has 0 aliphatic carbocycles. The molecule has 0 aromatic carbocycles. The summed E-state index contributed by atoms with van der Waals surface area (Å²) in [4.78, 5) is 19.8. The number of carboxylic acids is 1. The van der Waals surface area contributed by atoms with Gasteiger partial charge in [-0.15, -0.1) is 12.6 Å². The normalized spacial score (nSPS) is 14.3. The number of carbonyl (C=O) groups excluding carboxylic acids is 1. The van der Waals surface area contributed by atoms with Crippen molar-refractivity contribution in [2.24, 2.45) is 11.5 Å². The number of rotatable bonds is 4. The minimum Gasteiger partial charge on any atom is -0.480 e. The van der Waals surface area contributed by atoms with Gasteiger partial charge < -0.3 is 16.6 Å². The average Bonchev–Trinajstić information content (AvgIpc) is 2.01. The number of nitrogens with two attached hydrogens (primary N) is 2. The Hall–Kier alpha value is -0.680. The Labute approximate surface area is 98.2 Å². The fourth-order valence-corrected chi connectivity index (χ4v) is 0.895. The second-order valence-corrected chi connectivity index (χ2v) is 4.76. The first-order valence-corrected chi connectivity index (χ1v) is 5.95. The third-order valence-electron chi connectivity index (χ3n) is 1.10. The van der Waals surface area contributed by atoms with Gasteiger partial charge in [0.15, 0.2) is 0 Å². The number of thiol groups is 1. The maximum absolute atomic E-state index is 9.96. The third kappa shape index (κ3) is 13.3. The summed E-state index contributed by atoms with van der Waals surface area (Å²) in [7, 11) is -4.27. The third-order valence-corrected chi connectivity index (χ3v) is 2.28. The summed E-state index contributed by atoms with van der Waals surface area (Å²) in [6, 6.07) is -1.98. The van der Waals surface area contributed by atoms with E-state index in [9.17, 15) is 18.0 Å². The van der Waals surface area contributed by atoms with Gasteiger partial charge in [0.05, 0.1) is 6.04 Å². The van der Waals surface area contributed by atoms with Crippen LogP contribution in [-0.2, 0) is 19.7 Å². The van der Waals surface area contributed by atoms with Gasteiger partial charge in [0.1, 0.15) is 11.8 Å². The van der Waals surface area contributed by atoms with E-state index in [1.54, 1.807) is 6.92 Å². The maximum atomic E-state index is 9.96. The molecule has 8 nitrogen and oxygen atoms in total. The van der Waals surface area contributed by atoms with Crippen LogP contribution in [0.2, 0.25) is 0 Å². The van der Waals surface area contributed by atoms with Crippen molar-refractivity contribution in [2.75, 3.05) is 5.75 Å². The monoisotopic (exact) mass is 274 g/mol. The van der Waals surface area contributed by atoms with E-state index in [0.29, 0.717) is 0 Å². The van der Waals surface area contributed by atoms with Crippen molar-refractivity contribution < 1.29 is 27.7 Å². The van der Waals surface area contributed by atoms with E-state index < -0.39 is 33.9 Å². The minimum atomic E-state index is -4.27. The van der Waals surface area contributed by atoms with Crippen LogP contribution in [0.4, 0.5) is 0 Å². The molecule has 0 amide bonds. The van der Waals surface area contributed by atoms with Crippen LogP contribution < -0.4 is 11.5 Å². The van der Waals surface area contributed by atoms with Gasteiger partial charge in [-0.05, 0) is 6.92 Å². The molecule has 0 saturated heterocycles. The van der Waals surface area contributed by atoms with Gasteiger partial charge in [-0.3, -0.25) is 14.1 Å². The average molecular weight is 274 g/mol. The van der Waals surface area contributed by atoms with Gasteiger partial charge >= 0.3 is 5.97 Å². The van der Waals surface area contributed by atoms with Gasteiger partial charge in [-0.25, -0.2) is 0 Å². The molecule has 16 heavy (non-hydrogen) atoms. The van der Waals surface area contributed by atoms with Crippen molar-refractivity contribution in [3.63, 3.8) is 0 Å². The summed E-state index contributed by atoms with van der Waals surface area (Å²) < 4.78 is 28.0. The first-order valence-electron chi connectivity index (χ1n) is 3.89. The van der Waals surface area contributed by atoms with E-state index >= 15 is 0 Å². The van der Waals surface area contributed by atoms with E-state index in [1.165, 1.54) is 0 Å². The molecule has 0 saturated carbocycles. The lowest BCUT2D eigenvalue weighted by atomic mass is 10.4. The first-order chi connectivity index (χ1) is 6.97. The molecule has 0 fully saturated rings. The lowest BCUT2D eigenvalue weighted by Gasteiger charge is -2.01. The second kappa shape index (κ2) is 7.57. The molecular weight excluding hydrogens is 260 g/mol. The van der Waals surface area contributed by atoms with Crippen LogP contribution in [0.5, 0.6) is 0 Å². The van der Waals surface area contributed by atoms with E-state index in [-0.39, 0.29) is 5.12 Å². The Morgan fingerprint density at radius 1 is 1.38 bits per heavy atom. The zero-order chi connectivity index (χ0) is 13.5. The number of carbonyl (C=O) groups is 2. The van der Waals surface area contributed by atoms with Crippen molar-refractivity contribution in [1.29, 1.82) is 0 Å². The Morgan fingerprint density at radius 2 is 1.69 bits per heavy atom. The Balaban J connectivity index is 0. The highest BCUT2D eigenvalue weighted by Gasteiger charge is 2.18. The van der Waals surface area contributed by atoms with Crippen LogP contribution in [0.25, 0.3) is 0 Å². The number of aliphatic carboxylic acids is 1. The predicted molar refractivity (Wildman–Crippen MR) is 59.7 cm³/mol. The van der Waals surface area contributed by atoms with Crippen molar-refractivity contribution in [2.45, 2.75) is 19.0 Å². The molecule has 0 bridgehead atoms. The molecule has 0 aliphatic heterocycles. The van der Waals surface area contributed by atoms with Gasteiger partial charge in [0, 0.05) is 0 Å². The van der Waals surface area contributed by atoms with Crippen LogP contribution >= 0.6 is 12.6 Å². The molecule has 0 aromatic rings. The quantitative estimate of drug-likeness (QED) is 0.292. The molecule has 0 radical (unpaired) electrons. The molecule has 0 heterocycles. The molecule has 0 aromatic heterocycles. The fraction of sp³-hybridized carbons (Fsp3) is 0.667. The van der Waals surface area contributed by atoms with Crippen molar-refractivity contribution >= 4 is 33.8 Å². The zero-order valence-electron chi connectivity index (χ0n) is 8.40. The highest BCUT2D eigenvalue weighted by Crippen LogP contribution is 1.86. The summed E-state index contributed by atoms with van der Waals surface area (Å²) in [6.07, 6.45) is 0. The topological polar surface area (TPSA) is 161 Å². The molecule has 0 aliphatic rings. The fourth-order valence-electron chi connectivity index (χ4n) is 0.298. The smallest absolute Gasteiger partial charge is 0.321 e. The number of hydrogen-bond acceptors (Lipinski definition) is 6. The van der Waals surface area contributed by atoms with Crippen molar-refractivity contribution in [1.82, 2.24) is 0 Å². The molecule has 2 atom stereocenters. The van der Waals surface area contributed by atoms with E-state index in [0.717, 1.165) is 0 Å². The second-order valence-electron chi connectivity index (χ2n) is 2.82. The van der Waals surface area contributed by atoms with Crippen LogP contribution in [0, 0.1) is 0 Å².